The molecule has 0 aromatic rings. The molecule has 3 saturated heterocycles. The molecule has 0 aromatic carbocycles. The number of amides is 3. The first-order valence-electron chi connectivity index (χ1n) is 11.4. The highest BCUT2D eigenvalue weighted by molar-refractivity contribution is 8.02. The molecule has 3 amide bonds. The first-order valence-corrected chi connectivity index (χ1v) is 12.2. The number of hydrogen-bond donors (Lipinski definition) is 1. The van der Waals surface area contributed by atoms with E-state index in [0.29, 0.717) is 19.5 Å². The summed E-state index contributed by atoms with van der Waals surface area (Å²) in [5, 5.41) is 9.95. The standard InChI is InChI=1S/C24H37N3O4S/c1-8-12-25(7)20(29)17-18-21(30)27(16(5)14-28)19(22(31)26(13-9-2)15(3)4)24(18)11-10-23(17,6)32-24/h8-9,15-19,28H,1-2,10-14H2,3-7H3/t16-,17-,18+,19?,23+,24?/m1/s1. The fourth-order valence-electron chi connectivity index (χ4n) is 5.95. The van der Waals surface area contributed by atoms with Crippen molar-refractivity contribution in [1.29, 1.82) is 0 Å². The minimum absolute atomic E-state index is 0.0623. The lowest BCUT2D eigenvalue weighted by Crippen LogP contribution is -2.58. The van der Waals surface area contributed by atoms with Gasteiger partial charge in [-0.05, 0) is 40.5 Å². The zero-order chi connectivity index (χ0) is 24.0. The molecule has 0 saturated carbocycles. The average molecular weight is 464 g/mol. The third-order valence-corrected chi connectivity index (χ3v) is 9.45. The summed E-state index contributed by atoms with van der Waals surface area (Å²) in [6.07, 6.45) is 4.84. The summed E-state index contributed by atoms with van der Waals surface area (Å²) in [6, 6.07) is -1.28. The maximum atomic E-state index is 14.0. The molecule has 3 rings (SSSR count). The molecule has 1 N–H and O–H groups in total. The van der Waals surface area contributed by atoms with Gasteiger partial charge in [-0.1, -0.05) is 12.2 Å². The van der Waals surface area contributed by atoms with Crippen LogP contribution in [0.4, 0.5) is 0 Å². The van der Waals surface area contributed by atoms with E-state index in [4.69, 9.17) is 0 Å². The fraction of sp³-hybridized carbons (Fsp3) is 0.708. The van der Waals surface area contributed by atoms with Crippen LogP contribution in [0.5, 0.6) is 0 Å². The van der Waals surface area contributed by atoms with Gasteiger partial charge in [0.05, 0.1) is 29.2 Å². The number of likely N-dealkylation sites (tertiary alicyclic amines) is 1. The Hall–Kier alpha value is -1.80. The monoisotopic (exact) mass is 463 g/mol. The maximum absolute atomic E-state index is 14.0. The highest BCUT2D eigenvalue weighted by atomic mass is 32.2. The summed E-state index contributed by atoms with van der Waals surface area (Å²) in [4.78, 5) is 46.3. The van der Waals surface area contributed by atoms with Crippen molar-refractivity contribution in [2.24, 2.45) is 11.8 Å². The lowest BCUT2D eigenvalue weighted by Gasteiger charge is -2.40. The second-order valence-electron chi connectivity index (χ2n) is 9.89. The Balaban J connectivity index is 2.12. The Kier molecular flexibility index (Phi) is 6.87. The number of fused-ring (bicyclic) bond motifs is 1. The van der Waals surface area contributed by atoms with Crippen LogP contribution in [0.1, 0.15) is 40.5 Å². The summed E-state index contributed by atoms with van der Waals surface area (Å²) >= 11 is 1.65. The van der Waals surface area contributed by atoms with Crippen LogP contribution in [0.3, 0.4) is 0 Å². The molecule has 7 nitrogen and oxygen atoms in total. The molecule has 2 bridgehead atoms. The van der Waals surface area contributed by atoms with Crippen molar-refractivity contribution in [1.82, 2.24) is 14.7 Å². The van der Waals surface area contributed by atoms with Crippen LogP contribution in [0.25, 0.3) is 0 Å². The number of rotatable bonds is 9. The van der Waals surface area contributed by atoms with Gasteiger partial charge in [0.1, 0.15) is 6.04 Å². The number of carbonyl (C=O) groups excluding carboxylic acids is 3. The normalized spacial score (nSPS) is 33.9. The van der Waals surface area contributed by atoms with Crippen LogP contribution in [0.2, 0.25) is 0 Å². The quantitative estimate of drug-likeness (QED) is 0.529. The Morgan fingerprint density at radius 1 is 1.22 bits per heavy atom. The van der Waals surface area contributed by atoms with Crippen molar-refractivity contribution in [3.8, 4) is 0 Å². The number of nitrogens with zero attached hydrogens (tertiary/aromatic N) is 3. The molecular weight excluding hydrogens is 426 g/mol. The fourth-order valence-corrected chi connectivity index (χ4v) is 8.28. The van der Waals surface area contributed by atoms with Crippen LogP contribution >= 0.6 is 11.8 Å². The highest BCUT2D eigenvalue weighted by Crippen LogP contribution is 2.71. The van der Waals surface area contributed by atoms with Gasteiger partial charge in [-0.3, -0.25) is 14.4 Å². The number of hydrogen-bond acceptors (Lipinski definition) is 5. The lowest BCUT2D eigenvalue weighted by molar-refractivity contribution is -0.147. The third kappa shape index (κ3) is 3.50. The van der Waals surface area contributed by atoms with Crippen molar-refractivity contribution >= 4 is 29.5 Å². The van der Waals surface area contributed by atoms with E-state index < -0.39 is 33.4 Å². The number of thioether (sulfide) groups is 1. The highest BCUT2D eigenvalue weighted by Gasteiger charge is 2.77. The van der Waals surface area contributed by atoms with E-state index in [-0.39, 0.29) is 30.4 Å². The van der Waals surface area contributed by atoms with Gasteiger partial charge in [0, 0.05) is 30.9 Å². The molecule has 178 valence electrons. The Labute approximate surface area is 195 Å². The summed E-state index contributed by atoms with van der Waals surface area (Å²) in [6.45, 7) is 15.8. The summed E-state index contributed by atoms with van der Waals surface area (Å²) in [5.74, 6) is -1.46. The van der Waals surface area contributed by atoms with Gasteiger partial charge in [0.25, 0.3) is 0 Å². The zero-order valence-electron chi connectivity index (χ0n) is 19.9. The molecule has 3 aliphatic heterocycles. The largest absolute Gasteiger partial charge is 0.394 e. The maximum Gasteiger partial charge on any atom is 0.247 e. The molecule has 3 aliphatic rings. The first-order chi connectivity index (χ1) is 15.0. The second-order valence-corrected chi connectivity index (χ2v) is 11.8. The number of aliphatic hydroxyl groups is 1. The van der Waals surface area contributed by atoms with Crippen molar-refractivity contribution in [2.75, 3.05) is 26.7 Å². The second kappa shape index (κ2) is 8.86. The Morgan fingerprint density at radius 3 is 2.38 bits per heavy atom. The van der Waals surface area contributed by atoms with Crippen LogP contribution in [-0.2, 0) is 14.4 Å². The van der Waals surface area contributed by atoms with E-state index in [2.05, 4.69) is 20.1 Å². The summed E-state index contributed by atoms with van der Waals surface area (Å²) in [5.41, 5.74) is 0. The van der Waals surface area contributed by atoms with Gasteiger partial charge in [0.15, 0.2) is 0 Å². The first kappa shape index (κ1) is 24.8. The summed E-state index contributed by atoms with van der Waals surface area (Å²) in [7, 11) is 1.73. The van der Waals surface area contributed by atoms with E-state index in [1.165, 1.54) is 0 Å². The molecule has 0 aliphatic carbocycles. The number of carbonyl (C=O) groups is 3. The van der Waals surface area contributed by atoms with E-state index in [1.54, 1.807) is 52.6 Å². The Bertz CT molecular complexity index is 817. The van der Waals surface area contributed by atoms with E-state index >= 15 is 0 Å². The molecule has 0 radical (unpaired) electrons. The van der Waals surface area contributed by atoms with Gasteiger partial charge in [0.2, 0.25) is 17.7 Å². The average Bonchev–Trinajstić information content (AvgIpc) is 3.31. The minimum atomic E-state index is -0.709. The molecule has 8 heteroatoms. The molecule has 3 fully saturated rings. The predicted octanol–water partition coefficient (Wildman–Crippen LogP) is 1.92. The van der Waals surface area contributed by atoms with Gasteiger partial charge < -0.3 is 19.8 Å². The predicted molar refractivity (Wildman–Crippen MR) is 127 cm³/mol. The molecule has 6 atom stereocenters. The van der Waals surface area contributed by atoms with Crippen LogP contribution in [0, 0.1) is 11.8 Å². The van der Waals surface area contributed by atoms with Crippen LogP contribution in [0.15, 0.2) is 25.3 Å². The molecule has 0 aromatic heterocycles. The van der Waals surface area contributed by atoms with Gasteiger partial charge in [-0.25, -0.2) is 0 Å². The van der Waals surface area contributed by atoms with Gasteiger partial charge in [-0.15, -0.1) is 24.9 Å². The zero-order valence-corrected chi connectivity index (χ0v) is 20.7. The Morgan fingerprint density at radius 2 is 1.84 bits per heavy atom. The van der Waals surface area contributed by atoms with E-state index in [9.17, 15) is 19.5 Å². The van der Waals surface area contributed by atoms with E-state index in [1.807, 2.05) is 13.8 Å². The van der Waals surface area contributed by atoms with Crippen molar-refractivity contribution < 1.29 is 19.5 Å². The third-order valence-electron chi connectivity index (χ3n) is 7.46. The molecule has 1 spiro atoms. The number of aliphatic hydroxyl groups excluding tert-OH is 1. The molecule has 32 heavy (non-hydrogen) atoms. The van der Waals surface area contributed by atoms with Gasteiger partial charge in [-0.2, -0.15) is 0 Å². The molecule has 3 heterocycles. The number of likely N-dealkylation sites (N-methyl/N-ethyl adjacent to an activating group) is 1. The minimum Gasteiger partial charge on any atom is -0.394 e. The van der Waals surface area contributed by atoms with Crippen LogP contribution in [-0.4, -0.2) is 91.9 Å². The van der Waals surface area contributed by atoms with Crippen molar-refractivity contribution in [3.05, 3.63) is 25.3 Å². The lowest BCUT2D eigenvalue weighted by atomic mass is 9.66. The van der Waals surface area contributed by atoms with E-state index in [0.717, 1.165) is 6.42 Å². The van der Waals surface area contributed by atoms with Crippen molar-refractivity contribution in [2.45, 2.75) is 68.2 Å². The smallest absolute Gasteiger partial charge is 0.247 e. The topological polar surface area (TPSA) is 81.2 Å². The molecule has 2 unspecified atom stereocenters. The van der Waals surface area contributed by atoms with Crippen LogP contribution < -0.4 is 0 Å². The van der Waals surface area contributed by atoms with Gasteiger partial charge >= 0.3 is 0 Å². The molecular formula is C24H37N3O4S. The SMILES string of the molecule is C=CCN(C)C(=O)[C@H]1[C@H]2C(=O)N([C@H](C)CO)C(C(=O)N(CC=C)C(C)C)C23CC[C@]1(C)S3. The summed E-state index contributed by atoms with van der Waals surface area (Å²) < 4.78 is -1.07. The van der Waals surface area contributed by atoms with Crippen molar-refractivity contribution in [3.63, 3.8) is 0 Å².